The lowest BCUT2D eigenvalue weighted by Crippen LogP contribution is -1.82. The summed E-state index contributed by atoms with van der Waals surface area (Å²) in [6, 6.07) is 9.87. The molecule has 0 aliphatic heterocycles. The third kappa shape index (κ3) is 1.99. The summed E-state index contributed by atoms with van der Waals surface area (Å²) in [5.41, 5.74) is 1.00. The molecule has 0 aliphatic carbocycles. The molecule has 2 heteroatoms. The van der Waals surface area contributed by atoms with Gasteiger partial charge in [0.25, 0.3) is 0 Å². The first-order valence-corrected chi connectivity index (χ1v) is 4.95. The van der Waals surface area contributed by atoms with Crippen molar-refractivity contribution in [3.63, 3.8) is 0 Å². The lowest BCUT2D eigenvalue weighted by molar-refractivity contribution is 0.508. The van der Waals surface area contributed by atoms with Crippen molar-refractivity contribution in [2.45, 2.75) is 12.8 Å². The van der Waals surface area contributed by atoms with Crippen LogP contribution < -0.4 is 0 Å². The highest BCUT2D eigenvalue weighted by atomic mass is 16.4. The van der Waals surface area contributed by atoms with Gasteiger partial charge >= 0.3 is 0 Å². The highest BCUT2D eigenvalue weighted by Gasteiger charge is 2.09. The van der Waals surface area contributed by atoms with Gasteiger partial charge in [-0.15, -0.1) is 6.58 Å². The maximum Gasteiger partial charge on any atom is 0.226 e. The number of benzene rings is 1. The topological polar surface area (TPSA) is 26.0 Å². The van der Waals surface area contributed by atoms with Gasteiger partial charge in [-0.05, 0) is 12.1 Å². The Morgan fingerprint density at radius 3 is 2.73 bits per heavy atom. The van der Waals surface area contributed by atoms with Crippen LogP contribution in [0.15, 0.2) is 53.6 Å². The zero-order chi connectivity index (χ0) is 10.7. The molecule has 76 valence electrons. The Hall–Kier alpha value is -1.83. The standard InChI is InChI=1S/C13H13NO/c1-3-10(2)12-9-14-13(15-12)11-7-5-4-6-8-11/h3-10H,1H2,2H3. The molecule has 0 radical (unpaired) electrons. The Balaban J connectivity index is 2.32. The molecular weight excluding hydrogens is 186 g/mol. The van der Waals surface area contributed by atoms with Crippen LogP contribution in [0.3, 0.4) is 0 Å². The van der Waals surface area contributed by atoms with E-state index in [4.69, 9.17) is 4.42 Å². The van der Waals surface area contributed by atoms with E-state index in [2.05, 4.69) is 11.6 Å². The number of rotatable bonds is 3. The minimum Gasteiger partial charge on any atom is -0.441 e. The highest BCUT2D eigenvalue weighted by Crippen LogP contribution is 2.23. The smallest absolute Gasteiger partial charge is 0.226 e. The first-order valence-electron chi connectivity index (χ1n) is 4.95. The molecule has 0 N–H and O–H groups in total. The molecule has 0 fully saturated rings. The molecule has 0 spiro atoms. The van der Waals surface area contributed by atoms with E-state index in [1.165, 1.54) is 0 Å². The Kier molecular flexibility index (Phi) is 2.68. The molecule has 1 heterocycles. The van der Waals surface area contributed by atoms with E-state index in [1.54, 1.807) is 6.20 Å². The first kappa shape index (κ1) is 9.71. The summed E-state index contributed by atoms with van der Waals surface area (Å²) in [6.45, 7) is 5.76. The predicted octanol–water partition coefficient (Wildman–Crippen LogP) is 3.63. The van der Waals surface area contributed by atoms with E-state index in [1.807, 2.05) is 43.3 Å². The Labute approximate surface area is 89.3 Å². The van der Waals surface area contributed by atoms with Crippen molar-refractivity contribution in [1.82, 2.24) is 4.98 Å². The van der Waals surface area contributed by atoms with E-state index in [-0.39, 0.29) is 5.92 Å². The van der Waals surface area contributed by atoms with Crippen LogP contribution >= 0.6 is 0 Å². The second kappa shape index (κ2) is 4.13. The van der Waals surface area contributed by atoms with Crippen LogP contribution in [-0.2, 0) is 0 Å². The van der Waals surface area contributed by atoms with Gasteiger partial charge in [0.05, 0.1) is 6.20 Å². The van der Waals surface area contributed by atoms with Crippen LogP contribution in [0.4, 0.5) is 0 Å². The van der Waals surface area contributed by atoms with Crippen molar-refractivity contribution in [3.05, 3.63) is 54.9 Å². The summed E-state index contributed by atoms with van der Waals surface area (Å²) in [4.78, 5) is 4.24. The molecule has 2 nitrogen and oxygen atoms in total. The molecular formula is C13H13NO. The zero-order valence-electron chi connectivity index (χ0n) is 8.68. The number of allylic oxidation sites excluding steroid dienone is 1. The van der Waals surface area contributed by atoms with Crippen molar-refractivity contribution in [2.75, 3.05) is 0 Å². The molecule has 0 saturated heterocycles. The van der Waals surface area contributed by atoms with Gasteiger partial charge in [0, 0.05) is 11.5 Å². The summed E-state index contributed by atoms with van der Waals surface area (Å²) < 4.78 is 5.64. The number of nitrogens with zero attached hydrogens (tertiary/aromatic N) is 1. The summed E-state index contributed by atoms with van der Waals surface area (Å²) >= 11 is 0. The van der Waals surface area contributed by atoms with E-state index >= 15 is 0 Å². The molecule has 2 rings (SSSR count). The van der Waals surface area contributed by atoms with Crippen molar-refractivity contribution in [1.29, 1.82) is 0 Å². The molecule has 1 aromatic carbocycles. The van der Waals surface area contributed by atoms with Crippen LogP contribution in [0.25, 0.3) is 11.5 Å². The number of oxazole rings is 1. The fourth-order valence-corrected chi connectivity index (χ4v) is 1.33. The van der Waals surface area contributed by atoms with E-state index in [0.717, 1.165) is 11.3 Å². The normalized spacial score (nSPS) is 12.3. The lowest BCUT2D eigenvalue weighted by atomic mass is 10.1. The van der Waals surface area contributed by atoms with E-state index in [0.29, 0.717) is 5.89 Å². The predicted molar refractivity (Wildman–Crippen MR) is 60.6 cm³/mol. The molecule has 1 atom stereocenters. The van der Waals surface area contributed by atoms with E-state index in [9.17, 15) is 0 Å². The van der Waals surface area contributed by atoms with Gasteiger partial charge in [0.1, 0.15) is 5.76 Å². The SMILES string of the molecule is C=CC(C)c1cnc(-c2ccccc2)o1. The molecule has 0 aliphatic rings. The second-order valence-corrected chi connectivity index (χ2v) is 3.46. The highest BCUT2D eigenvalue weighted by molar-refractivity contribution is 5.52. The van der Waals surface area contributed by atoms with Gasteiger partial charge in [-0.3, -0.25) is 0 Å². The monoisotopic (exact) mass is 199 g/mol. The third-order valence-electron chi connectivity index (χ3n) is 2.35. The van der Waals surface area contributed by atoms with E-state index < -0.39 is 0 Å². The molecule has 0 saturated carbocycles. The van der Waals surface area contributed by atoms with Crippen LogP contribution in [-0.4, -0.2) is 4.98 Å². The van der Waals surface area contributed by atoms with Crippen molar-refractivity contribution in [2.24, 2.45) is 0 Å². The minimum atomic E-state index is 0.204. The molecule has 2 aromatic rings. The van der Waals surface area contributed by atoms with Crippen LogP contribution in [0.5, 0.6) is 0 Å². The van der Waals surface area contributed by atoms with Gasteiger partial charge in [-0.2, -0.15) is 0 Å². The average molecular weight is 199 g/mol. The summed E-state index contributed by atoms with van der Waals surface area (Å²) in [7, 11) is 0. The fourth-order valence-electron chi connectivity index (χ4n) is 1.33. The Morgan fingerprint density at radius 2 is 2.07 bits per heavy atom. The summed E-state index contributed by atoms with van der Waals surface area (Å²) in [6.07, 6.45) is 3.60. The molecule has 1 aromatic heterocycles. The average Bonchev–Trinajstić information content (AvgIpc) is 2.78. The maximum absolute atomic E-state index is 5.64. The van der Waals surface area contributed by atoms with Crippen molar-refractivity contribution >= 4 is 0 Å². The second-order valence-electron chi connectivity index (χ2n) is 3.46. The molecule has 15 heavy (non-hydrogen) atoms. The molecule has 0 amide bonds. The number of aromatic nitrogens is 1. The van der Waals surface area contributed by atoms with Gasteiger partial charge in [0.2, 0.25) is 5.89 Å². The third-order valence-corrected chi connectivity index (χ3v) is 2.35. The van der Waals surface area contributed by atoms with Crippen molar-refractivity contribution < 1.29 is 4.42 Å². The number of hydrogen-bond donors (Lipinski definition) is 0. The van der Waals surface area contributed by atoms with Gasteiger partial charge in [-0.25, -0.2) is 4.98 Å². The maximum atomic E-state index is 5.64. The largest absolute Gasteiger partial charge is 0.441 e. The summed E-state index contributed by atoms with van der Waals surface area (Å²) in [5, 5.41) is 0. The minimum absolute atomic E-state index is 0.204. The quantitative estimate of drug-likeness (QED) is 0.705. The summed E-state index contributed by atoms with van der Waals surface area (Å²) in [5.74, 6) is 1.72. The zero-order valence-corrected chi connectivity index (χ0v) is 8.68. The van der Waals surface area contributed by atoms with Crippen LogP contribution in [0.1, 0.15) is 18.6 Å². The van der Waals surface area contributed by atoms with Crippen molar-refractivity contribution in [3.8, 4) is 11.5 Å². The van der Waals surface area contributed by atoms with Crippen LogP contribution in [0, 0.1) is 0 Å². The van der Waals surface area contributed by atoms with Crippen LogP contribution in [0.2, 0.25) is 0 Å². The van der Waals surface area contributed by atoms with Gasteiger partial charge < -0.3 is 4.42 Å². The first-order chi connectivity index (χ1) is 7.31. The molecule has 1 unspecified atom stereocenters. The van der Waals surface area contributed by atoms with Gasteiger partial charge in [0.15, 0.2) is 0 Å². The molecule has 0 bridgehead atoms. The fraction of sp³-hybridized carbons (Fsp3) is 0.154. The Bertz CT molecular complexity index is 445. The van der Waals surface area contributed by atoms with Gasteiger partial charge in [-0.1, -0.05) is 31.2 Å². The lowest BCUT2D eigenvalue weighted by Gasteiger charge is -1.98. The number of hydrogen-bond acceptors (Lipinski definition) is 2. The Morgan fingerprint density at radius 1 is 1.33 bits per heavy atom.